The van der Waals surface area contributed by atoms with Gasteiger partial charge >= 0.3 is 0 Å². The molecule has 0 heterocycles. The van der Waals surface area contributed by atoms with Gasteiger partial charge in [-0.05, 0) is 43.7 Å². The number of benzene rings is 1. The van der Waals surface area contributed by atoms with Crippen molar-refractivity contribution in [2.75, 3.05) is 19.3 Å². The lowest BCUT2D eigenvalue weighted by Gasteiger charge is -2.25. The standard InChI is InChI=1S/C22H32N2O2S/c1-24(18-11-5-6-12-18)22(26)19-13-7-8-14-20(19)27-16-21(25)23-15-17-9-3-2-4-10-17/h7-8,13-14,17-18H,2-6,9-12,15-16H2,1H3,(H,23,25). The van der Waals surface area contributed by atoms with Crippen LogP contribution < -0.4 is 5.32 Å². The molecule has 0 aromatic heterocycles. The van der Waals surface area contributed by atoms with E-state index in [1.54, 1.807) is 0 Å². The summed E-state index contributed by atoms with van der Waals surface area (Å²) in [5.41, 5.74) is 0.719. The molecule has 2 saturated carbocycles. The van der Waals surface area contributed by atoms with Gasteiger partial charge < -0.3 is 10.2 Å². The molecule has 27 heavy (non-hydrogen) atoms. The van der Waals surface area contributed by atoms with Gasteiger partial charge in [0, 0.05) is 24.5 Å². The minimum Gasteiger partial charge on any atom is -0.355 e. The van der Waals surface area contributed by atoms with Crippen molar-refractivity contribution in [2.45, 2.75) is 68.7 Å². The molecule has 3 rings (SSSR count). The first-order chi connectivity index (χ1) is 13.1. The van der Waals surface area contributed by atoms with Crippen LogP contribution in [0.3, 0.4) is 0 Å². The maximum Gasteiger partial charge on any atom is 0.254 e. The van der Waals surface area contributed by atoms with E-state index in [4.69, 9.17) is 0 Å². The topological polar surface area (TPSA) is 49.4 Å². The van der Waals surface area contributed by atoms with Crippen molar-refractivity contribution in [3.63, 3.8) is 0 Å². The smallest absolute Gasteiger partial charge is 0.254 e. The summed E-state index contributed by atoms with van der Waals surface area (Å²) in [5.74, 6) is 1.15. The third kappa shape index (κ3) is 5.74. The fourth-order valence-electron chi connectivity index (χ4n) is 4.26. The lowest BCUT2D eigenvalue weighted by Crippen LogP contribution is -2.35. The largest absolute Gasteiger partial charge is 0.355 e. The summed E-state index contributed by atoms with van der Waals surface area (Å²) in [4.78, 5) is 28.0. The first-order valence-electron chi connectivity index (χ1n) is 10.4. The van der Waals surface area contributed by atoms with Gasteiger partial charge in [0.15, 0.2) is 0 Å². The Labute approximate surface area is 167 Å². The van der Waals surface area contributed by atoms with Crippen molar-refractivity contribution in [3.8, 4) is 0 Å². The molecule has 1 N–H and O–H groups in total. The molecule has 0 spiro atoms. The fourth-order valence-corrected chi connectivity index (χ4v) is 5.13. The SMILES string of the molecule is CN(C(=O)c1ccccc1SCC(=O)NCC1CCCCC1)C1CCCC1. The Hall–Kier alpha value is -1.49. The molecule has 0 bridgehead atoms. The van der Waals surface area contributed by atoms with Crippen LogP contribution in [0.2, 0.25) is 0 Å². The molecule has 2 fully saturated rings. The molecule has 0 aliphatic heterocycles. The summed E-state index contributed by atoms with van der Waals surface area (Å²) in [7, 11) is 1.91. The number of nitrogens with one attached hydrogen (secondary N) is 1. The van der Waals surface area contributed by atoms with Gasteiger partial charge in [-0.25, -0.2) is 0 Å². The Morgan fingerprint density at radius 2 is 1.70 bits per heavy atom. The highest BCUT2D eigenvalue weighted by molar-refractivity contribution is 8.00. The van der Waals surface area contributed by atoms with Gasteiger partial charge in [0.1, 0.15) is 0 Å². The third-order valence-corrected chi connectivity index (χ3v) is 7.06. The second kappa shape index (κ2) is 10.2. The maximum absolute atomic E-state index is 12.9. The molecule has 1 aromatic carbocycles. The van der Waals surface area contributed by atoms with Crippen LogP contribution in [-0.4, -0.2) is 42.1 Å². The average Bonchev–Trinajstić information content (AvgIpc) is 3.25. The molecule has 0 atom stereocenters. The van der Waals surface area contributed by atoms with Gasteiger partial charge in [-0.3, -0.25) is 9.59 Å². The van der Waals surface area contributed by atoms with Gasteiger partial charge in [-0.2, -0.15) is 0 Å². The first-order valence-corrected chi connectivity index (χ1v) is 11.4. The number of carbonyl (C=O) groups excluding carboxylic acids is 2. The summed E-state index contributed by atoms with van der Waals surface area (Å²) >= 11 is 1.47. The molecular weight excluding hydrogens is 356 g/mol. The average molecular weight is 389 g/mol. The third-order valence-electron chi connectivity index (χ3n) is 5.98. The van der Waals surface area contributed by atoms with Crippen LogP contribution >= 0.6 is 11.8 Å². The van der Waals surface area contributed by atoms with Crippen LogP contribution in [0.1, 0.15) is 68.1 Å². The maximum atomic E-state index is 12.9. The number of carbonyl (C=O) groups is 2. The molecule has 1 aromatic rings. The van der Waals surface area contributed by atoms with E-state index in [-0.39, 0.29) is 11.8 Å². The van der Waals surface area contributed by atoms with Gasteiger partial charge in [0.2, 0.25) is 5.91 Å². The Bertz CT molecular complexity index is 637. The van der Waals surface area contributed by atoms with E-state index >= 15 is 0 Å². The summed E-state index contributed by atoms with van der Waals surface area (Å²) in [5, 5.41) is 3.08. The quantitative estimate of drug-likeness (QED) is 0.700. The van der Waals surface area contributed by atoms with Crippen molar-refractivity contribution in [3.05, 3.63) is 29.8 Å². The van der Waals surface area contributed by atoms with Crippen LogP contribution in [0.25, 0.3) is 0 Å². The molecule has 2 amide bonds. The van der Waals surface area contributed by atoms with E-state index in [1.165, 1.54) is 56.7 Å². The Morgan fingerprint density at radius 1 is 1.04 bits per heavy atom. The van der Waals surface area contributed by atoms with Gasteiger partial charge in [-0.15, -0.1) is 11.8 Å². The highest BCUT2D eigenvalue weighted by atomic mass is 32.2. The highest BCUT2D eigenvalue weighted by Crippen LogP contribution is 2.28. The molecule has 4 nitrogen and oxygen atoms in total. The lowest BCUT2D eigenvalue weighted by atomic mass is 9.89. The Morgan fingerprint density at radius 3 is 2.44 bits per heavy atom. The number of nitrogens with zero attached hydrogens (tertiary/aromatic N) is 1. The van der Waals surface area contributed by atoms with E-state index in [0.717, 1.165) is 29.8 Å². The molecule has 2 aliphatic rings. The molecule has 2 aliphatic carbocycles. The van der Waals surface area contributed by atoms with Crippen LogP contribution in [-0.2, 0) is 4.79 Å². The van der Waals surface area contributed by atoms with Crippen LogP contribution in [0, 0.1) is 5.92 Å². The van der Waals surface area contributed by atoms with E-state index in [9.17, 15) is 9.59 Å². The molecule has 0 unspecified atom stereocenters. The monoisotopic (exact) mass is 388 g/mol. The first kappa shape index (κ1) is 20.2. The lowest BCUT2D eigenvalue weighted by molar-refractivity contribution is -0.118. The van der Waals surface area contributed by atoms with Crippen LogP contribution in [0.4, 0.5) is 0 Å². The number of thioether (sulfide) groups is 1. The molecule has 148 valence electrons. The molecule has 0 radical (unpaired) electrons. The van der Waals surface area contributed by atoms with E-state index in [0.29, 0.717) is 17.7 Å². The van der Waals surface area contributed by atoms with Crippen molar-refractivity contribution >= 4 is 23.6 Å². The minimum atomic E-state index is 0.0666. The second-order valence-electron chi connectivity index (χ2n) is 7.95. The number of hydrogen-bond acceptors (Lipinski definition) is 3. The zero-order valence-corrected chi connectivity index (χ0v) is 17.2. The van der Waals surface area contributed by atoms with Gasteiger partial charge in [-0.1, -0.05) is 44.2 Å². The predicted molar refractivity (Wildman–Crippen MR) is 111 cm³/mol. The van der Waals surface area contributed by atoms with Gasteiger partial charge in [0.05, 0.1) is 11.3 Å². The van der Waals surface area contributed by atoms with Crippen LogP contribution in [0.5, 0.6) is 0 Å². The number of amides is 2. The fraction of sp³-hybridized carbons (Fsp3) is 0.636. The van der Waals surface area contributed by atoms with Crippen molar-refractivity contribution in [2.24, 2.45) is 5.92 Å². The molecular formula is C22H32N2O2S. The highest BCUT2D eigenvalue weighted by Gasteiger charge is 2.25. The second-order valence-corrected chi connectivity index (χ2v) is 8.96. The van der Waals surface area contributed by atoms with E-state index in [1.807, 2.05) is 36.2 Å². The summed E-state index contributed by atoms with van der Waals surface area (Å²) in [6, 6.07) is 8.04. The number of rotatable bonds is 7. The van der Waals surface area contributed by atoms with Crippen molar-refractivity contribution < 1.29 is 9.59 Å². The Balaban J connectivity index is 1.52. The van der Waals surface area contributed by atoms with E-state index in [2.05, 4.69) is 5.32 Å². The summed E-state index contributed by atoms with van der Waals surface area (Å²) < 4.78 is 0. The predicted octanol–water partition coefficient (Wildman–Crippen LogP) is 4.49. The van der Waals surface area contributed by atoms with Gasteiger partial charge in [0.25, 0.3) is 5.91 Å². The van der Waals surface area contributed by atoms with Crippen molar-refractivity contribution in [1.82, 2.24) is 10.2 Å². The molecule has 0 saturated heterocycles. The summed E-state index contributed by atoms with van der Waals surface area (Å²) in [6.45, 7) is 0.796. The van der Waals surface area contributed by atoms with E-state index < -0.39 is 0 Å². The minimum absolute atomic E-state index is 0.0666. The van der Waals surface area contributed by atoms with Crippen molar-refractivity contribution in [1.29, 1.82) is 0 Å². The zero-order valence-electron chi connectivity index (χ0n) is 16.4. The van der Waals surface area contributed by atoms with Crippen LogP contribution in [0.15, 0.2) is 29.2 Å². The zero-order chi connectivity index (χ0) is 19.1. The Kier molecular flexibility index (Phi) is 7.62. The number of hydrogen-bond donors (Lipinski definition) is 1. The normalized spacial score (nSPS) is 18.4. The molecule has 5 heteroatoms. The summed E-state index contributed by atoms with van der Waals surface area (Å²) in [6.07, 6.45) is 11.0.